The maximum atomic E-state index is 11.0. The quantitative estimate of drug-likeness (QED) is 0.236. The van der Waals surface area contributed by atoms with Crippen LogP contribution in [0, 0.1) is 5.92 Å². The third-order valence-electron chi connectivity index (χ3n) is 5.19. The maximum Gasteiger partial charge on any atom is 0.302 e. The van der Waals surface area contributed by atoms with Crippen LogP contribution in [0.1, 0.15) is 110 Å². The zero-order valence-corrected chi connectivity index (χ0v) is 17.4. The Morgan fingerprint density at radius 1 is 0.731 bits per heavy atom. The van der Waals surface area contributed by atoms with Gasteiger partial charge in [-0.1, -0.05) is 96.8 Å². The fraction of sp³-hybridized carbons (Fsp3) is 0.955. The van der Waals surface area contributed by atoms with Gasteiger partial charge in [-0.25, -0.2) is 0 Å². The maximum absolute atomic E-state index is 11.0. The molecule has 2 atom stereocenters. The molecule has 0 heterocycles. The summed E-state index contributed by atoms with van der Waals surface area (Å²) < 4.78 is 5.07. The first-order valence-electron chi connectivity index (χ1n) is 11.0. The smallest absolute Gasteiger partial charge is 0.302 e. The van der Waals surface area contributed by atoms with E-state index >= 15 is 0 Å². The molecule has 0 fully saturated rings. The number of rotatable bonds is 19. The summed E-state index contributed by atoms with van der Waals surface area (Å²) in [6.45, 7) is 3.34. The second-order valence-electron chi connectivity index (χ2n) is 7.66. The molecule has 0 aliphatic carbocycles. The van der Waals surface area contributed by atoms with Gasteiger partial charge in [0.2, 0.25) is 0 Å². The summed E-state index contributed by atoms with van der Waals surface area (Å²) in [6, 6.07) is 0. The number of aliphatic hydroxyl groups excluding tert-OH is 2. The Kier molecular flexibility index (Phi) is 18.7. The first kappa shape index (κ1) is 25.4. The Hall–Kier alpha value is -0.610. The fourth-order valence-corrected chi connectivity index (χ4v) is 3.49. The molecule has 26 heavy (non-hydrogen) atoms. The summed E-state index contributed by atoms with van der Waals surface area (Å²) in [6.07, 6.45) is 18.7. The molecule has 0 amide bonds. The van der Waals surface area contributed by atoms with Crippen LogP contribution in [0.2, 0.25) is 0 Å². The van der Waals surface area contributed by atoms with Gasteiger partial charge in [0.15, 0.2) is 0 Å². The SMILES string of the molecule is CCCCCCCCCCCCCCCCC(CO)C(CO)OC(C)=O. The zero-order valence-electron chi connectivity index (χ0n) is 17.4. The van der Waals surface area contributed by atoms with Gasteiger partial charge in [-0.2, -0.15) is 0 Å². The van der Waals surface area contributed by atoms with Gasteiger partial charge in [0.05, 0.1) is 6.61 Å². The third kappa shape index (κ3) is 15.6. The molecule has 2 unspecified atom stereocenters. The van der Waals surface area contributed by atoms with E-state index in [2.05, 4.69) is 6.92 Å². The largest absolute Gasteiger partial charge is 0.460 e. The molecule has 0 aliphatic heterocycles. The lowest BCUT2D eigenvalue weighted by atomic mass is 9.95. The Bertz CT molecular complexity index is 307. The van der Waals surface area contributed by atoms with Crippen LogP contribution >= 0.6 is 0 Å². The highest BCUT2D eigenvalue weighted by Gasteiger charge is 2.22. The number of ether oxygens (including phenoxy) is 1. The highest BCUT2D eigenvalue weighted by atomic mass is 16.6. The lowest BCUT2D eigenvalue weighted by molar-refractivity contribution is -0.152. The van der Waals surface area contributed by atoms with Crippen molar-refractivity contribution in [3.05, 3.63) is 0 Å². The van der Waals surface area contributed by atoms with Gasteiger partial charge in [-0.3, -0.25) is 4.79 Å². The molecule has 0 spiro atoms. The van der Waals surface area contributed by atoms with E-state index < -0.39 is 12.1 Å². The molecule has 0 aliphatic rings. The molecule has 0 saturated heterocycles. The number of carbonyl (C=O) groups excluding carboxylic acids is 1. The van der Waals surface area contributed by atoms with Crippen LogP contribution in [-0.4, -0.2) is 35.5 Å². The topological polar surface area (TPSA) is 66.8 Å². The van der Waals surface area contributed by atoms with Crippen molar-refractivity contribution in [2.24, 2.45) is 5.92 Å². The number of carbonyl (C=O) groups is 1. The Balaban J connectivity index is 3.44. The van der Waals surface area contributed by atoms with Gasteiger partial charge in [0.1, 0.15) is 6.10 Å². The number of esters is 1. The minimum Gasteiger partial charge on any atom is -0.460 e. The van der Waals surface area contributed by atoms with E-state index in [-0.39, 0.29) is 19.1 Å². The van der Waals surface area contributed by atoms with Crippen LogP contribution in [0.5, 0.6) is 0 Å². The summed E-state index contributed by atoms with van der Waals surface area (Å²) in [5.74, 6) is -0.551. The summed E-state index contributed by atoms with van der Waals surface area (Å²) in [4.78, 5) is 11.0. The van der Waals surface area contributed by atoms with Crippen LogP contribution in [0.4, 0.5) is 0 Å². The normalized spacial score (nSPS) is 13.5. The molecular weight excluding hydrogens is 328 g/mol. The van der Waals surface area contributed by atoms with Crippen molar-refractivity contribution in [2.75, 3.05) is 13.2 Å². The summed E-state index contributed by atoms with van der Waals surface area (Å²) >= 11 is 0. The van der Waals surface area contributed by atoms with E-state index in [1.807, 2.05) is 0 Å². The molecule has 4 nitrogen and oxygen atoms in total. The zero-order chi connectivity index (χ0) is 19.5. The predicted octanol–water partition coefficient (Wildman–Crippen LogP) is 5.39. The van der Waals surface area contributed by atoms with Crippen molar-refractivity contribution in [1.29, 1.82) is 0 Å². The molecule has 156 valence electrons. The minimum atomic E-state index is -0.570. The van der Waals surface area contributed by atoms with Crippen molar-refractivity contribution in [3.8, 4) is 0 Å². The summed E-state index contributed by atoms with van der Waals surface area (Å²) in [5, 5.41) is 18.7. The molecule has 0 radical (unpaired) electrons. The van der Waals surface area contributed by atoms with E-state index in [9.17, 15) is 15.0 Å². The van der Waals surface area contributed by atoms with Gasteiger partial charge in [0.25, 0.3) is 0 Å². The molecule has 0 saturated carbocycles. The third-order valence-corrected chi connectivity index (χ3v) is 5.19. The highest BCUT2D eigenvalue weighted by Crippen LogP contribution is 2.18. The number of unbranched alkanes of at least 4 members (excludes halogenated alkanes) is 13. The van der Waals surface area contributed by atoms with E-state index in [0.29, 0.717) is 0 Å². The van der Waals surface area contributed by atoms with E-state index in [4.69, 9.17) is 4.74 Å². The predicted molar refractivity (Wildman–Crippen MR) is 108 cm³/mol. The highest BCUT2D eigenvalue weighted by molar-refractivity contribution is 5.66. The number of aliphatic hydroxyl groups is 2. The molecule has 0 aromatic rings. The molecular formula is C22H44O4. The minimum absolute atomic E-state index is 0.0447. The molecule has 4 heteroatoms. The molecule has 0 bridgehead atoms. The van der Waals surface area contributed by atoms with Gasteiger partial charge >= 0.3 is 5.97 Å². The van der Waals surface area contributed by atoms with E-state index in [0.717, 1.165) is 19.3 Å². The van der Waals surface area contributed by atoms with Crippen LogP contribution in [0.25, 0.3) is 0 Å². The van der Waals surface area contributed by atoms with E-state index in [1.54, 1.807) is 0 Å². The summed E-state index contributed by atoms with van der Waals surface area (Å²) in [5.41, 5.74) is 0. The van der Waals surface area contributed by atoms with Gasteiger partial charge in [-0.05, 0) is 6.42 Å². The van der Waals surface area contributed by atoms with Crippen molar-refractivity contribution in [1.82, 2.24) is 0 Å². The standard InChI is InChI=1S/C22H44O4/c1-3-4-5-6-7-8-9-10-11-12-13-14-15-16-17-21(18-23)22(19-24)26-20(2)25/h21-24H,3-19H2,1-2H3. The first-order chi connectivity index (χ1) is 12.7. The molecule has 0 aromatic heterocycles. The number of hydrogen-bond donors (Lipinski definition) is 2. The van der Waals surface area contributed by atoms with Crippen LogP contribution in [0.3, 0.4) is 0 Å². The van der Waals surface area contributed by atoms with Crippen LogP contribution in [-0.2, 0) is 9.53 Å². The second kappa shape index (κ2) is 19.2. The van der Waals surface area contributed by atoms with Crippen LogP contribution in [0.15, 0.2) is 0 Å². The summed E-state index contributed by atoms with van der Waals surface area (Å²) in [7, 11) is 0. The first-order valence-corrected chi connectivity index (χ1v) is 11.0. The Morgan fingerprint density at radius 3 is 1.50 bits per heavy atom. The van der Waals surface area contributed by atoms with Crippen LogP contribution < -0.4 is 0 Å². The second-order valence-corrected chi connectivity index (χ2v) is 7.66. The Labute approximate surface area is 161 Å². The van der Waals surface area contributed by atoms with Crippen molar-refractivity contribution in [3.63, 3.8) is 0 Å². The molecule has 0 aromatic carbocycles. The lowest BCUT2D eigenvalue weighted by Gasteiger charge is -2.23. The van der Waals surface area contributed by atoms with Gasteiger partial charge in [0, 0.05) is 19.4 Å². The monoisotopic (exact) mass is 372 g/mol. The molecule has 0 rings (SSSR count). The average Bonchev–Trinajstić information content (AvgIpc) is 2.63. The van der Waals surface area contributed by atoms with E-state index in [1.165, 1.54) is 84.0 Å². The fourth-order valence-electron chi connectivity index (χ4n) is 3.49. The number of hydrogen-bond acceptors (Lipinski definition) is 4. The van der Waals surface area contributed by atoms with Gasteiger partial charge in [-0.15, -0.1) is 0 Å². The average molecular weight is 373 g/mol. The van der Waals surface area contributed by atoms with Gasteiger partial charge < -0.3 is 14.9 Å². The Morgan fingerprint density at radius 2 is 1.15 bits per heavy atom. The lowest BCUT2D eigenvalue weighted by Crippen LogP contribution is -2.32. The van der Waals surface area contributed by atoms with Crippen molar-refractivity contribution >= 4 is 5.97 Å². The van der Waals surface area contributed by atoms with Crippen molar-refractivity contribution < 1.29 is 19.7 Å². The molecule has 2 N–H and O–H groups in total. The van der Waals surface area contributed by atoms with Crippen molar-refractivity contribution in [2.45, 2.75) is 116 Å².